The number of nitrogens with zero attached hydrogens (tertiary/aromatic N) is 1. The van der Waals surface area contributed by atoms with Crippen LogP contribution >= 0.6 is 0 Å². The van der Waals surface area contributed by atoms with Gasteiger partial charge in [-0.15, -0.1) is 0 Å². The molecule has 0 fully saturated rings. The molecule has 1 aromatic heterocycles. The lowest BCUT2D eigenvalue weighted by Crippen LogP contribution is -2.36. The van der Waals surface area contributed by atoms with Crippen molar-refractivity contribution >= 4 is 5.97 Å². The van der Waals surface area contributed by atoms with E-state index in [0.717, 1.165) is 18.7 Å². The fourth-order valence-electron chi connectivity index (χ4n) is 2.06. The SMILES string of the molecule is CCC(c1ccco1)N(CC(=O)O)CC(C)C. The van der Waals surface area contributed by atoms with E-state index in [1.165, 1.54) is 0 Å². The number of hydrogen-bond acceptors (Lipinski definition) is 3. The van der Waals surface area contributed by atoms with Gasteiger partial charge in [0.15, 0.2) is 0 Å². The molecular formula is C13H21NO3. The maximum atomic E-state index is 10.9. The maximum Gasteiger partial charge on any atom is 0.317 e. The van der Waals surface area contributed by atoms with Crippen molar-refractivity contribution in [3.8, 4) is 0 Å². The van der Waals surface area contributed by atoms with Crippen molar-refractivity contribution in [2.75, 3.05) is 13.1 Å². The number of hydrogen-bond donors (Lipinski definition) is 1. The van der Waals surface area contributed by atoms with Crippen molar-refractivity contribution in [2.24, 2.45) is 5.92 Å². The molecule has 4 nitrogen and oxygen atoms in total. The lowest BCUT2D eigenvalue weighted by atomic mass is 10.1. The highest BCUT2D eigenvalue weighted by atomic mass is 16.4. The predicted octanol–water partition coefficient (Wildman–Crippen LogP) is 2.77. The Bertz CT molecular complexity index is 332. The number of carbonyl (C=O) groups is 1. The van der Waals surface area contributed by atoms with Gasteiger partial charge in [0.25, 0.3) is 0 Å². The summed E-state index contributed by atoms with van der Waals surface area (Å²) >= 11 is 0. The number of carboxylic acids is 1. The van der Waals surface area contributed by atoms with Crippen LogP contribution in [0.2, 0.25) is 0 Å². The Morgan fingerprint density at radius 3 is 2.65 bits per heavy atom. The Hall–Kier alpha value is -1.29. The number of aliphatic carboxylic acids is 1. The minimum atomic E-state index is -0.796. The monoisotopic (exact) mass is 239 g/mol. The lowest BCUT2D eigenvalue weighted by molar-refractivity contribution is -0.139. The molecule has 0 saturated carbocycles. The van der Waals surface area contributed by atoms with Gasteiger partial charge in [-0.1, -0.05) is 20.8 Å². The van der Waals surface area contributed by atoms with Crippen molar-refractivity contribution in [1.82, 2.24) is 4.90 Å². The first kappa shape index (κ1) is 13.8. The van der Waals surface area contributed by atoms with Crippen molar-refractivity contribution in [1.29, 1.82) is 0 Å². The van der Waals surface area contributed by atoms with Gasteiger partial charge in [0, 0.05) is 6.54 Å². The molecule has 1 unspecified atom stereocenters. The largest absolute Gasteiger partial charge is 0.480 e. The minimum Gasteiger partial charge on any atom is -0.480 e. The highest BCUT2D eigenvalue weighted by Crippen LogP contribution is 2.25. The van der Waals surface area contributed by atoms with E-state index in [1.54, 1.807) is 6.26 Å². The molecule has 0 saturated heterocycles. The summed E-state index contributed by atoms with van der Waals surface area (Å²) in [5, 5.41) is 8.97. The van der Waals surface area contributed by atoms with Crippen LogP contribution in [0.4, 0.5) is 0 Å². The third-order valence-electron chi connectivity index (χ3n) is 2.64. The average Bonchev–Trinajstić information content (AvgIpc) is 2.70. The highest BCUT2D eigenvalue weighted by Gasteiger charge is 2.23. The first-order valence-electron chi connectivity index (χ1n) is 6.03. The van der Waals surface area contributed by atoms with Gasteiger partial charge in [-0.3, -0.25) is 9.69 Å². The van der Waals surface area contributed by atoms with Crippen LogP contribution in [0.25, 0.3) is 0 Å². The van der Waals surface area contributed by atoms with E-state index < -0.39 is 5.97 Å². The van der Waals surface area contributed by atoms with Gasteiger partial charge in [0.05, 0.1) is 18.8 Å². The van der Waals surface area contributed by atoms with Crippen molar-refractivity contribution in [3.63, 3.8) is 0 Å². The molecule has 0 bridgehead atoms. The molecule has 1 aromatic rings. The summed E-state index contributed by atoms with van der Waals surface area (Å²) in [6, 6.07) is 3.79. The number of furan rings is 1. The molecule has 0 aliphatic carbocycles. The summed E-state index contributed by atoms with van der Waals surface area (Å²) in [5.41, 5.74) is 0. The van der Waals surface area contributed by atoms with Crippen LogP contribution in [0.5, 0.6) is 0 Å². The topological polar surface area (TPSA) is 53.7 Å². The zero-order valence-electron chi connectivity index (χ0n) is 10.7. The fourth-order valence-corrected chi connectivity index (χ4v) is 2.06. The molecule has 1 N–H and O–H groups in total. The van der Waals surface area contributed by atoms with Crippen LogP contribution in [0, 0.1) is 5.92 Å². The van der Waals surface area contributed by atoms with Crippen LogP contribution in [-0.4, -0.2) is 29.1 Å². The Labute approximate surface area is 102 Å². The van der Waals surface area contributed by atoms with Gasteiger partial charge in [0.1, 0.15) is 5.76 Å². The quantitative estimate of drug-likeness (QED) is 0.795. The average molecular weight is 239 g/mol. The van der Waals surface area contributed by atoms with Crippen LogP contribution in [0.15, 0.2) is 22.8 Å². The molecular weight excluding hydrogens is 218 g/mol. The fraction of sp³-hybridized carbons (Fsp3) is 0.615. The zero-order chi connectivity index (χ0) is 12.8. The van der Waals surface area contributed by atoms with E-state index in [9.17, 15) is 4.79 Å². The number of carboxylic acid groups (broad SMARTS) is 1. The highest BCUT2D eigenvalue weighted by molar-refractivity contribution is 5.69. The Balaban J connectivity index is 2.81. The third kappa shape index (κ3) is 4.23. The molecule has 0 aliphatic rings. The normalized spacial score (nSPS) is 13.2. The molecule has 0 aliphatic heterocycles. The summed E-state index contributed by atoms with van der Waals surface area (Å²) < 4.78 is 5.40. The standard InChI is InChI=1S/C13H21NO3/c1-4-11(12-6-5-7-17-12)14(8-10(2)3)9-13(15)16/h5-7,10-11H,4,8-9H2,1-3H3,(H,15,16). The second-order valence-corrected chi connectivity index (χ2v) is 4.66. The Kier molecular flexibility index (Phi) is 5.22. The molecule has 96 valence electrons. The van der Waals surface area contributed by atoms with Gasteiger partial charge < -0.3 is 9.52 Å². The van der Waals surface area contributed by atoms with Crippen molar-refractivity contribution in [3.05, 3.63) is 24.2 Å². The Morgan fingerprint density at radius 2 is 2.24 bits per heavy atom. The van der Waals surface area contributed by atoms with E-state index in [0.29, 0.717) is 5.92 Å². The van der Waals surface area contributed by atoms with Gasteiger partial charge >= 0.3 is 5.97 Å². The first-order chi connectivity index (χ1) is 8.04. The van der Waals surface area contributed by atoms with Gasteiger partial charge in [0.2, 0.25) is 0 Å². The summed E-state index contributed by atoms with van der Waals surface area (Å²) in [6.45, 7) is 7.03. The second-order valence-electron chi connectivity index (χ2n) is 4.66. The maximum absolute atomic E-state index is 10.9. The summed E-state index contributed by atoms with van der Waals surface area (Å²) in [4.78, 5) is 12.9. The lowest BCUT2D eigenvalue weighted by Gasteiger charge is -2.29. The number of rotatable bonds is 7. The molecule has 1 atom stereocenters. The van der Waals surface area contributed by atoms with E-state index in [1.807, 2.05) is 24.0 Å². The van der Waals surface area contributed by atoms with E-state index in [2.05, 4.69) is 13.8 Å². The molecule has 0 spiro atoms. The summed E-state index contributed by atoms with van der Waals surface area (Å²) in [6.07, 6.45) is 2.47. The summed E-state index contributed by atoms with van der Waals surface area (Å²) in [7, 11) is 0. The Morgan fingerprint density at radius 1 is 1.53 bits per heavy atom. The van der Waals surface area contributed by atoms with Crippen molar-refractivity contribution < 1.29 is 14.3 Å². The first-order valence-corrected chi connectivity index (χ1v) is 6.03. The second kappa shape index (κ2) is 6.45. The van der Waals surface area contributed by atoms with Crippen LogP contribution in [0.1, 0.15) is 39.0 Å². The predicted molar refractivity (Wildman–Crippen MR) is 65.8 cm³/mol. The van der Waals surface area contributed by atoms with Gasteiger partial charge in [-0.2, -0.15) is 0 Å². The molecule has 0 radical (unpaired) electrons. The molecule has 17 heavy (non-hydrogen) atoms. The van der Waals surface area contributed by atoms with Crippen LogP contribution < -0.4 is 0 Å². The van der Waals surface area contributed by atoms with Gasteiger partial charge in [-0.25, -0.2) is 0 Å². The van der Waals surface area contributed by atoms with E-state index >= 15 is 0 Å². The smallest absolute Gasteiger partial charge is 0.317 e. The minimum absolute atomic E-state index is 0.0449. The van der Waals surface area contributed by atoms with Crippen LogP contribution in [-0.2, 0) is 4.79 Å². The van der Waals surface area contributed by atoms with Crippen LogP contribution in [0.3, 0.4) is 0 Å². The van der Waals surface area contributed by atoms with E-state index in [4.69, 9.17) is 9.52 Å². The molecule has 0 aromatic carbocycles. The van der Waals surface area contributed by atoms with Gasteiger partial charge in [-0.05, 0) is 24.5 Å². The van der Waals surface area contributed by atoms with E-state index in [-0.39, 0.29) is 12.6 Å². The third-order valence-corrected chi connectivity index (χ3v) is 2.64. The zero-order valence-corrected chi connectivity index (χ0v) is 10.7. The molecule has 4 heteroatoms. The molecule has 1 rings (SSSR count). The molecule has 0 amide bonds. The molecule has 1 heterocycles. The van der Waals surface area contributed by atoms with Crippen molar-refractivity contribution in [2.45, 2.75) is 33.2 Å². The summed E-state index contributed by atoms with van der Waals surface area (Å²) in [5.74, 6) is 0.475.